The summed E-state index contributed by atoms with van der Waals surface area (Å²) in [4.78, 5) is 0. The van der Waals surface area contributed by atoms with E-state index in [2.05, 4.69) is 13.5 Å². The highest BCUT2D eigenvalue weighted by Crippen LogP contribution is 2.05. The van der Waals surface area contributed by atoms with Gasteiger partial charge in [-0.15, -0.1) is 0 Å². The van der Waals surface area contributed by atoms with Crippen LogP contribution in [0.15, 0.2) is 11.8 Å². The van der Waals surface area contributed by atoms with E-state index in [0.29, 0.717) is 0 Å². The number of hydrogen-bond acceptors (Lipinski definition) is 2. The molecule has 11 heavy (non-hydrogen) atoms. The summed E-state index contributed by atoms with van der Waals surface area (Å²) < 4.78 is 10.9. The number of rotatable bonds is 6. The maximum atomic E-state index is 5.45. The van der Waals surface area contributed by atoms with E-state index in [-0.39, 0.29) is 0 Å². The van der Waals surface area contributed by atoms with Crippen LogP contribution in [0.4, 0.5) is 0 Å². The van der Waals surface area contributed by atoms with Gasteiger partial charge < -0.3 is 8.85 Å². The molecule has 0 bridgehead atoms. The van der Waals surface area contributed by atoms with Crippen molar-refractivity contribution in [3.63, 3.8) is 0 Å². The van der Waals surface area contributed by atoms with Crippen molar-refractivity contribution in [2.75, 3.05) is 13.2 Å². The molecule has 0 radical (unpaired) electrons. The Balaban J connectivity index is 3.76. The molecule has 0 aromatic carbocycles. The lowest BCUT2D eigenvalue weighted by molar-refractivity contribution is 0.220. The Hall–Kier alpha value is -0.123. The first-order chi connectivity index (χ1) is 5.26. The van der Waals surface area contributed by atoms with Gasteiger partial charge in [0.2, 0.25) is 0 Å². The zero-order valence-electron chi connectivity index (χ0n) is 7.72. The summed E-state index contributed by atoms with van der Waals surface area (Å²) in [6, 6.07) is 0. The molecule has 0 N–H and O–H groups in total. The first-order valence-electron chi connectivity index (χ1n) is 4.17. The standard InChI is InChI=1S/C8H18O2Si/c1-5-8(4)11(9-6-2)10-7-3/h11H,4-7H2,1-3H3. The predicted octanol–water partition coefficient (Wildman–Crippen LogP) is 1.79. The molecule has 0 amide bonds. The van der Waals surface area contributed by atoms with Crippen LogP contribution in [-0.4, -0.2) is 22.5 Å². The van der Waals surface area contributed by atoms with Crippen molar-refractivity contribution in [1.82, 2.24) is 0 Å². The third-order valence-electron chi connectivity index (χ3n) is 1.42. The van der Waals surface area contributed by atoms with Crippen LogP contribution in [0.25, 0.3) is 0 Å². The Kier molecular flexibility index (Phi) is 6.50. The van der Waals surface area contributed by atoms with Crippen molar-refractivity contribution in [2.24, 2.45) is 0 Å². The summed E-state index contributed by atoms with van der Waals surface area (Å²) in [5.74, 6) is 0. The molecule has 0 fully saturated rings. The van der Waals surface area contributed by atoms with Gasteiger partial charge in [-0.2, -0.15) is 0 Å². The average molecular weight is 174 g/mol. The van der Waals surface area contributed by atoms with Crippen molar-refractivity contribution in [3.05, 3.63) is 11.8 Å². The second kappa shape index (κ2) is 6.58. The van der Waals surface area contributed by atoms with Crippen molar-refractivity contribution in [2.45, 2.75) is 27.2 Å². The second-order valence-electron chi connectivity index (χ2n) is 2.25. The van der Waals surface area contributed by atoms with Gasteiger partial charge in [-0.3, -0.25) is 0 Å². The molecule has 3 heteroatoms. The highest BCUT2D eigenvalue weighted by atomic mass is 28.3. The van der Waals surface area contributed by atoms with E-state index in [9.17, 15) is 0 Å². The van der Waals surface area contributed by atoms with Crippen LogP contribution < -0.4 is 0 Å². The summed E-state index contributed by atoms with van der Waals surface area (Å²) >= 11 is 0. The average Bonchev–Trinajstić information content (AvgIpc) is 2.03. The fourth-order valence-corrected chi connectivity index (χ4v) is 2.26. The van der Waals surface area contributed by atoms with E-state index in [1.807, 2.05) is 13.8 Å². The minimum atomic E-state index is -1.52. The zero-order valence-corrected chi connectivity index (χ0v) is 8.88. The van der Waals surface area contributed by atoms with Gasteiger partial charge in [-0.05, 0) is 25.5 Å². The molecule has 0 spiro atoms. The summed E-state index contributed by atoms with van der Waals surface area (Å²) in [6.07, 6.45) is 0.969. The molecule has 0 aliphatic heterocycles. The Morgan fingerprint density at radius 2 is 1.64 bits per heavy atom. The monoisotopic (exact) mass is 174 g/mol. The Morgan fingerprint density at radius 1 is 1.18 bits per heavy atom. The van der Waals surface area contributed by atoms with E-state index >= 15 is 0 Å². The Labute approximate surface area is 71.1 Å². The predicted molar refractivity (Wildman–Crippen MR) is 49.8 cm³/mol. The first kappa shape index (κ1) is 10.9. The fourth-order valence-electron chi connectivity index (χ4n) is 0.753. The largest absolute Gasteiger partial charge is 0.394 e. The summed E-state index contributed by atoms with van der Waals surface area (Å²) in [5, 5.41) is 1.15. The first-order valence-corrected chi connectivity index (χ1v) is 5.69. The van der Waals surface area contributed by atoms with Gasteiger partial charge in [-0.25, -0.2) is 0 Å². The highest BCUT2D eigenvalue weighted by Gasteiger charge is 2.14. The van der Waals surface area contributed by atoms with Gasteiger partial charge in [0, 0.05) is 13.2 Å². The molecule has 0 aromatic rings. The maximum Gasteiger partial charge on any atom is 0.351 e. The minimum absolute atomic E-state index is 0.732. The smallest absolute Gasteiger partial charge is 0.351 e. The molecule has 0 aliphatic rings. The molecule has 66 valence electrons. The van der Waals surface area contributed by atoms with Crippen molar-refractivity contribution >= 4 is 9.28 Å². The van der Waals surface area contributed by atoms with Crippen LogP contribution in [0.5, 0.6) is 0 Å². The lowest BCUT2D eigenvalue weighted by Crippen LogP contribution is -2.25. The number of allylic oxidation sites excluding steroid dienone is 1. The molecule has 0 heterocycles. The molecule has 0 unspecified atom stereocenters. The lowest BCUT2D eigenvalue weighted by atomic mass is 10.5. The summed E-state index contributed by atoms with van der Waals surface area (Å²) in [5.41, 5.74) is 0. The molecule has 0 aliphatic carbocycles. The van der Waals surface area contributed by atoms with Crippen LogP contribution >= 0.6 is 0 Å². The van der Waals surface area contributed by atoms with E-state index < -0.39 is 9.28 Å². The number of hydrogen-bond donors (Lipinski definition) is 0. The maximum absolute atomic E-state index is 5.45. The van der Waals surface area contributed by atoms with Crippen molar-refractivity contribution < 1.29 is 8.85 Å². The van der Waals surface area contributed by atoms with Crippen molar-refractivity contribution in [1.29, 1.82) is 0 Å². The lowest BCUT2D eigenvalue weighted by Gasteiger charge is -2.15. The van der Waals surface area contributed by atoms with E-state index in [4.69, 9.17) is 8.85 Å². The van der Waals surface area contributed by atoms with Gasteiger partial charge in [0.05, 0.1) is 0 Å². The van der Waals surface area contributed by atoms with Crippen LogP contribution in [-0.2, 0) is 8.85 Å². The van der Waals surface area contributed by atoms with Gasteiger partial charge >= 0.3 is 9.28 Å². The molecule has 0 saturated heterocycles. The highest BCUT2D eigenvalue weighted by molar-refractivity contribution is 6.53. The molecule has 0 aromatic heterocycles. The van der Waals surface area contributed by atoms with E-state index in [1.165, 1.54) is 0 Å². The third-order valence-corrected chi connectivity index (χ3v) is 3.77. The van der Waals surface area contributed by atoms with Crippen LogP contribution in [0, 0.1) is 0 Å². The van der Waals surface area contributed by atoms with Crippen LogP contribution in [0.1, 0.15) is 27.2 Å². The van der Waals surface area contributed by atoms with E-state index in [0.717, 1.165) is 24.8 Å². The quantitative estimate of drug-likeness (QED) is 0.572. The van der Waals surface area contributed by atoms with Gasteiger partial charge in [0.25, 0.3) is 0 Å². The summed E-state index contributed by atoms with van der Waals surface area (Å²) in [6.45, 7) is 11.4. The molecule has 0 saturated carbocycles. The molecular formula is C8H18O2Si. The minimum Gasteiger partial charge on any atom is -0.394 e. The molecule has 0 atom stereocenters. The SMILES string of the molecule is C=C(CC)[SiH](OCC)OCC. The van der Waals surface area contributed by atoms with Crippen LogP contribution in [0.2, 0.25) is 0 Å². The normalized spacial score (nSPS) is 10.5. The second-order valence-corrected chi connectivity index (χ2v) is 4.40. The molecule has 2 nitrogen and oxygen atoms in total. The Bertz CT molecular complexity index is 109. The molecule has 0 rings (SSSR count). The van der Waals surface area contributed by atoms with Crippen LogP contribution in [0.3, 0.4) is 0 Å². The topological polar surface area (TPSA) is 18.5 Å². The third kappa shape index (κ3) is 4.34. The van der Waals surface area contributed by atoms with Gasteiger partial charge in [0.1, 0.15) is 0 Å². The zero-order chi connectivity index (χ0) is 8.69. The van der Waals surface area contributed by atoms with Gasteiger partial charge in [-0.1, -0.05) is 13.5 Å². The Morgan fingerprint density at radius 3 is 1.91 bits per heavy atom. The van der Waals surface area contributed by atoms with E-state index in [1.54, 1.807) is 0 Å². The molecular weight excluding hydrogens is 156 g/mol. The van der Waals surface area contributed by atoms with Gasteiger partial charge in [0.15, 0.2) is 0 Å². The van der Waals surface area contributed by atoms with Crippen molar-refractivity contribution in [3.8, 4) is 0 Å². The fraction of sp³-hybridized carbons (Fsp3) is 0.750. The summed E-state index contributed by atoms with van der Waals surface area (Å²) in [7, 11) is -1.52.